The lowest BCUT2D eigenvalue weighted by molar-refractivity contribution is 0.243. The smallest absolute Gasteiger partial charge is 0.139 e. The summed E-state index contributed by atoms with van der Waals surface area (Å²) < 4.78 is 17.4. The molecule has 2 nitrogen and oxygen atoms in total. The van der Waals surface area contributed by atoms with Crippen molar-refractivity contribution < 1.29 is 9.30 Å². The molecular formula is C11H16ClO2P. The number of rotatable bonds is 3. The molecule has 0 aromatic heterocycles. The molecule has 0 amide bonds. The molecule has 1 rings (SSSR count). The Morgan fingerprint density at radius 3 is 2.40 bits per heavy atom. The Labute approximate surface area is 96.0 Å². The van der Waals surface area contributed by atoms with Gasteiger partial charge in [-0.25, -0.2) is 0 Å². The van der Waals surface area contributed by atoms with Crippen molar-refractivity contribution in [3.05, 3.63) is 23.2 Å². The Morgan fingerprint density at radius 1 is 1.33 bits per heavy atom. The van der Waals surface area contributed by atoms with Crippen LogP contribution < -0.4 is 10.0 Å². The van der Waals surface area contributed by atoms with Crippen molar-refractivity contribution in [1.82, 2.24) is 0 Å². The summed E-state index contributed by atoms with van der Waals surface area (Å²) in [5.41, 5.74) is 0. The maximum atomic E-state index is 11.9. The minimum atomic E-state index is -2.25. The van der Waals surface area contributed by atoms with E-state index in [9.17, 15) is 4.57 Å². The first-order chi connectivity index (χ1) is 6.80. The topological polar surface area (TPSA) is 26.3 Å². The van der Waals surface area contributed by atoms with Gasteiger partial charge in [0.25, 0.3) is 0 Å². The first kappa shape index (κ1) is 12.6. The van der Waals surface area contributed by atoms with E-state index >= 15 is 0 Å². The molecule has 0 saturated heterocycles. The van der Waals surface area contributed by atoms with Crippen LogP contribution in [0.1, 0.15) is 13.8 Å². The summed E-state index contributed by atoms with van der Waals surface area (Å²) in [6.07, 6.45) is 0.0610. The molecule has 1 aromatic carbocycles. The zero-order chi connectivity index (χ0) is 11.6. The summed E-state index contributed by atoms with van der Waals surface area (Å²) in [4.78, 5) is 0. The molecule has 0 atom stereocenters. The van der Waals surface area contributed by atoms with Gasteiger partial charge >= 0.3 is 0 Å². The maximum absolute atomic E-state index is 11.9. The third-order valence-electron chi connectivity index (χ3n) is 1.90. The summed E-state index contributed by atoms with van der Waals surface area (Å²) in [7, 11) is -2.25. The predicted molar refractivity (Wildman–Crippen MR) is 66.3 cm³/mol. The number of hydrogen-bond donors (Lipinski definition) is 0. The van der Waals surface area contributed by atoms with Gasteiger partial charge in [0, 0.05) is 5.30 Å². The molecule has 0 bridgehead atoms. The highest BCUT2D eigenvalue weighted by Crippen LogP contribution is 2.37. The van der Waals surface area contributed by atoms with Crippen molar-refractivity contribution in [2.24, 2.45) is 0 Å². The monoisotopic (exact) mass is 246 g/mol. The van der Waals surface area contributed by atoms with Gasteiger partial charge in [-0.1, -0.05) is 11.6 Å². The third kappa shape index (κ3) is 3.55. The fraction of sp³-hybridized carbons (Fsp3) is 0.455. The highest BCUT2D eigenvalue weighted by Gasteiger charge is 2.14. The Balaban J connectivity index is 3.11. The maximum Gasteiger partial charge on any atom is 0.139 e. The second kappa shape index (κ2) is 4.59. The number of benzene rings is 1. The molecule has 0 saturated carbocycles. The van der Waals surface area contributed by atoms with Crippen LogP contribution in [0.2, 0.25) is 5.02 Å². The SMILES string of the molecule is CC(C)Oc1cc(P(C)(C)=O)ccc1Cl. The molecule has 0 fully saturated rings. The standard InChI is InChI=1S/C11H16ClO2P/c1-8(2)14-11-7-9(15(3,4)13)5-6-10(11)12/h5-8H,1-4H3. The minimum absolute atomic E-state index is 0.0610. The van der Waals surface area contributed by atoms with Crippen LogP contribution >= 0.6 is 18.7 Å². The predicted octanol–water partition coefficient (Wildman–Crippen LogP) is 3.38. The fourth-order valence-corrected chi connectivity index (χ4v) is 2.20. The minimum Gasteiger partial charge on any atom is -0.489 e. The summed E-state index contributed by atoms with van der Waals surface area (Å²) in [5, 5.41) is 1.35. The molecule has 0 N–H and O–H groups in total. The van der Waals surface area contributed by atoms with Crippen LogP contribution in [0.5, 0.6) is 5.75 Å². The van der Waals surface area contributed by atoms with E-state index in [1.54, 1.807) is 31.5 Å². The molecule has 84 valence electrons. The molecule has 0 aliphatic heterocycles. The quantitative estimate of drug-likeness (QED) is 0.765. The van der Waals surface area contributed by atoms with E-state index < -0.39 is 7.14 Å². The van der Waals surface area contributed by atoms with E-state index in [0.29, 0.717) is 10.8 Å². The molecule has 0 unspecified atom stereocenters. The van der Waals surface area contributed by atoms with E-state index in [-0.39, 0.29) is 6.10 Å². The number of hydrogen-bond acceptors (Lipinski definition) is 2. The van der Waals surface area contributed by atoms with Crippen LogP contribution in [0.3, 0.4) is 0 Å². The highest BCUT2D eigenvalue weighted by atomic mass is 35.5. The van der Waals surface area contributed by atoms with E-state index in [0.717, 1.165) is 5.30 Å². The van der Waals surface area contributed by atoms with E-state index in [1.165, 1.54) is 0 Å². The van der Waals surface area contributed by atoms with Crippen LogP contribution in [0, 0.1) is 0 Å². The van der Waals surface area contributed by atoms with Crippen molar-refractivity contribution in [1.29, 1.82) is 0 Å². The first-order valence-electron chi connectivity index (χ1n) is 4.82. The average molecular weight is 247 g/mol. The van der Waals surface area contributed by atoms with Gasteiger partial charge < -0.3 is 9.30 Å². The van der Waals surface area contributed by atoms with Gasteiger partial charge in [-0.05, 0) is 45.4 Å². The lowest BCUT2D eigenvalue weighted by Gasteiger charge is -2.14. The third-order valence-corrected chi connectivity index (χ3v) is 3.73. The highest BCUT2D eigenvalue weighted by molar-refractivity contribution is 7.70. The average Bonchev–Trinajstić information content (AvgIpc) is 2.06. The van der Waals surface area contributed by atoms with Crippen molar-refractivity contribution in [3.8, 4) is 5.75 Å². The number of halogens is 1. The van der Waals surface area contributed by atoms with Crippen LogP contribution in [0.4, 0.5) is 0 Å². The van der Waals surface area contributed by atoms with Gasteiger partial charge in [0.05, 0.1) is 11.1 Å². The molecular weight excluding hydrogens is 231 g/mol. The summed E-state index contributed by atoms with van der Waals surface area (Å²) >= 11 is 5.98. The zero-order valence-electron chi connectivity index (χ0n) is 9.45. The lowest BCUT2D eigenvalue weighted by atomic mass is 10.3. The van der Waals surface area contributed by atoms with Crippen molar-refractivity contribution in [2.45, 2.75) is 20.0 Å². The second-order valence-electron chi connectivity index (χ2n) is 4.13. The summed E-state index contributed by atoms with van der Waals surface area (Å²) in [5.74, 6) is 0.605. The van der Waals surface area contributed by atoms with Gasteiger partial charge in [0.1, 0.15) is 12.9 Å². The van der Waals surface area contributed by atoms with Gasteiger partial charge in [-0.2, -0.15) is 0 Å². The Kier molecular flexibility index (Phi) is 3.86. The van der Waals surface area contributed by atoms with Crippen LogP contribution in [0.15, 0.2) is 18.2 Å². The molecule has 4 heteroatoms. The van der Waals surface area contributed by atoms with Gasteiger partial charge in [0.2, 0.25) is 0 Å². The van der Waals surface area contributed by atoms with Crippen molar-refractivity contribution >= 4 is 24.0 Å². The van der Waals surface area contributed by atoms with Crippen molar-refractivity contribution in [2.75, 3.05) is 13.3 Å². The Bertz CT molecular complexity index is 396. The van der Waals surface area contributed by atoms with Crippen LogP contribution in [-0.2, 0) is 4.57 Å². The lowest BCUT2D eigenvalue weighted by Crippen LogP contribution is -2.09. The molecule has 0 radical (unpaired) electrons. The number of ether oxygens (including phenoxy) is 1. The van der Waals surface area contributed by atoms with Gasteiger partial charge in [-0.3, -0.25) is 0 Å². The molecule has 0 spiro atoms. The zero-order valence-corrected chi connectivity index (χ0v) is 11.1. The summed E-state index contributed by atoms with van der Waals surface area (Å²) in [6.45, 7) is 7.33. The van der Waals surface area contributed by atoms with Gasteiger partial charge in [0.15, 0.2) is 0 Å². The van der Waals surface area contributed by atoms with Gasteiger partial charge in [-0.15, -0.1) is 0 Å². The van der Waals surface area contributed by atoms with E-state index in [1.807, 2.05) is 13.8 Å². The first-order valence-corrected chi connectivity index (χ1v) is 7.80. The van der Waals surface area contributed by atoms with E-state index in [2.05, 4.69) is 0 Å². The summed E-state index contributed by atoms with van der Waals surface area (Å²) in [6, 6.07) is 5.29. The molecule has 1 aromatic rings. The van der Waals surface area contributed by atoms with E-state index in [4.69, 9.17) is 16.3 Å². The normalized spacial score (nSPS) is 11.9. The fourth-order valence-electron chi connectivity index (χ4n) is 1.17. The van der Waals surface area contributed by atoms with Crippen LogP contribution in [-0.4, -0.2) is 19.4 Å². The second-order valence-corrected chi connectivity index (χ2v) is 7.76. The molecule has 0 aliphatic carbocycles. The van der Waals surface area contributed by atoms with Crippen LogP contribution in [0.25, 0.3) is 0 Å². The molecule has 0 aliphatic rings. The Morgan fingerprint density at radius 2 is 1.93 bits per heavy atom. The molecule has 15 heavy (non-hydrogen) atoms. The Hall–Kier alpha value is -0.460. The van der Waals surface area contributed by atoms with Crippen molar-refractivity contribution in [3.63, 3.8) is 0 Å². The largest absolute Gasteiger partial charge is 0.489 e. The molecule has 0 heterocycles.